The number of unbranched alkanes of at least 4 members (excludes halogenated alkanes) is 2. The van der Waals surface area contributed by atoms with Crippen molar-refractivity contribution in [3.8, 4) is 0 Å². The molecule has 1 amide bonds. The highest BCUT2D eigenvalue weighted by atomic mass is 16.2. The van der Waals surface area contributed by atoms with Gasteiger partial charge < -0.3 is 4.90 Å². The van der Waals surface area contributed by atoms with Gasteiger partial charge in [-0.1, -0.05) is 13.3 Å². The Balaban J connectivity index is 2.43. The number of nitrogens with two attached hydrogens (primary N) is 1. The fourth-order valence-corrected chi connectivity index (χ4v) is 2.06. The molecule has 7 nitrogen and oxygen atoms in total. The lowest BCUT2D eigenvalue weighted by atomic mass is 10.2. The van der Waals surface area contributed by atoms with E-state index in [1.54, 1.807) is 12.3 Å². The highest BCUT2D eigenvalue weighted by Crippen LogP contribution is 2.07. The number of nitrogens with zero attached hydrogens (tertiary/aromatic N) is 3. The number of carbonyl (C=O) groups excluding carboxylic acids is 1. The number of anilines is 1. The molecule has 3 N–H and O–H groups in total. The fourth-order valence-electron chi connectivity index (χ4n) is 2.06. The monoisotopic (exact) mass is 295 g/mol. The van der Waals surface area contributed by atoms with Crippen molar-refractivity contribution in [2.75, 3.05) is 18.5 Å². The Kier molecular flexibility index (Phi) is 7.45. The summed E-state index contributed by atoms with van der Waals surface area (Å²) in [6.07, 6.45) is 5.59. The molecular formula is C14H25N5O2. The second-order valence-electron chi connectivity index (χ2n) is 5.07. The molecule has 1 heterocycles. The van der Waals surface area contributed by atoms with Crippen LogP contribution in [0.25, 0.3) is 0 Å². The lowest BCUT2D eigenvalue weighted by molar-refractivity contribution is -0.121. The van der Waals surface area contributed by atoms with E-state index in [-0.39, 0.29) is 11.5 Å². The van der Waals surface area contributed by atoms with Crippen LogP contribution in [0, 0.1) is 0 Å². The number of rotatable bonds is 9. The molecule has 0 radical (unpaired) electrons. The number of amides is 1. The molecule has 1 rings (SSSR count). The number of aromatic nitrogens is 2. The van der Waals surface area contributed by atoms with Gasteiger partial charge >= 0.3 is 0 Å². The topological polar surface area (TPSA) is 93.2 Å². The Hall–Kier alpha value is -1.89. The third-order valence-corrected chi connectivity index (χ3v) is 3.29. The molecule has 1 aromatic heterocycles. The van der Waals surface area contributed by atoms with Crippen LogP contribution >= 0.6 is 0 Å². The van der Waals surface area contributed by atoms with E-state index in [2.05, 4.69) is 17.4 Å². The maximum absolute atomic E-state index is 12.0. The van der Waals surface area contributed by atoms with E-state index >= 15 is 0 Å². The lowest BCUT2D eigenvalue weighted by Crippen LogP contribution is -2.29. The number of hydrogen-bond acceptors (Lipinski definition) is 5. The van der Waals surface area contributed by atoms with Crippen LogP contribution in [0.2, 0.25) is 0 Å². The minimum Gasteiger partial charge on any atom is -0.373 e. The van der Waals surface area contributed by atoms with Crippen molar-refractivity contribution < 1.29 is 4.79 Å². The predicted molar refractivity (Wildman–Crippen MR) is 82.9 cm³/mol. The zero-order valence-electron chi connectivity index (χ0n) is 12.8. The summed E-state index contributed by atoms with van der Waals surface area (Å²) < 4.78 is 1.46. The summed E-state index contributed by atoms with van der Waals surface area (Å²) in [6, 6.07) is 1.62. The molecule has 0 fully saturated rings. The van der Waals surface area contributed by atoms with Gasteiger partial charge in [0.15, 0.2) is 0 Å². The van der Waals surface area contributed by atoms with Crippen LogP contribution in [0.3, 0.4) is 0 Å². The zero-order chi connectivity index (χ0) is 15.7. The summed E-state index contributed by atoms with van der Waals surface area (Å²) >= 11 is 0. The van der Waals surface area contributed by atoms with Gasteiger partial charge in [-0.05, 0) is 19.3 Å². The summed E-state index contributed by atoms with van der Waals surface area (Å²) in [5, 5.41) is 4.19. The lowest BCUT2D eigenvalue weighted by Gasteiger charge is -2.17. The molecular weight excluding hydrogens is 270 g/mol. The fraction of sp³-hybridized carbons (Fsp3) is 0.643. The van der Waals surface area contributed by atoms with Gasteiger partial charge in [0, 0.05) is 32.6 Å². The van der Waals surface area contributed by atoms with E-state index in [4.69, 9.17) is 5.84 Å². The van der Waals surface area contributed by atoms with E-state index in [9.17, 15) is 9.59 Å². The molecule has 7 heteroatoms. The van der Waals surface area contributed by atoms with Crippen molar-refractivity contribution in [1.29, 1.82) is 0 Å². The van der Waals surface area contributed by atoms with Gasteiger partial charge in [-0.25, -0.2) is 10.5 Å². The molecule has 0 aliphatic heterocycles. The highest BCUT2D eigenvalue weighted by Gasteiger charge is 2.04. The van der Waals surface area contributed by atoms with Crippen LogP contribution in [0.5, 0.6) is 0 Å². The first kappa shape index (κ1) is 17.2. The summed E-state index contributed by atoms with van der Waals surface area (Å²) in [5.74, 6) is 4.84. The average Bonchev–Trinajstić information content (AvgIpc) is 2.48. The van der Waals surface area contributed by atoms with Crippen LogP contribution in [0.4, 0.5) is 5.69 Å². The van der Waals surface area contributed by atoms with Gasteiger partial charge in [0.05, 0.1) is 11.9 Å². The van der Waals surface area contributed by atoms with E-state index < -0.39 is 0 Å². The Labute approximate surface area is 125 Å². The molecule has 1 aromatic rings. The quantitative estimate of drug-likeness (QED) is 0.302. The van der Waals surface area contributed by atoms with Gasteiger partial charge in [-0.2, -0.15) is 5.10 Å². The highest BCUT2D eigenvalue weighted by molar-refractivity contribution is 5.75. The number of hydrazine groups is 1. The Bertz CT molecular complexity index is 500. The Morgan fingerprint density at radius 3 is 2.81 bits per heavy atom. The normalized spacial score (nSPS) is 10.4. The van der Waals surface area contributed by atoms with Crippen LogP contribution in [-0.4, -0.2) is 29.3 Å². The molecule has 0 atom stereocenters. The molecule has 0 bridgehead atoms. The van der Waals surface area contributed by atoms with Crippen LogP contribution < -0.4 is 21.7 Å². The molecule has 0 unspecified atom stereocenters. The molecule has 0 aliphatic rings. The number of carbonyl (C=O) groups is 1. The third kappa shape index (κ3) is 5.95. The minimum absolute atomic E-state index is 0.0878. The van der Waals surface area contributed by atoms with E-state index in [0.29, 0.717) is 13.0 Å². The van der Waals surface area contributed by atoms with Crippen LogP contribution in [0.15, 0.2) is 17.1 Å². The maximum Gasteiger partial charge on any atom is 0.268 e. The molecule has 0 aliphatic carbocycles. The average molecular weight is 295 g/mol. The van der Waals surface area contributed by atoms with Gasteiger partial charge in [0.1, 0.15) is 0 Å². The first-order valence-corrected chi connectivity index (χ1v) is 7.36. The molecule has 0 spiro atoms. The molecule has 0 saturated carbocycles. The smallest absolute Gasteiger partial charge is 0.268 e. The molecule has 21 heavy (non-hydrogen) atoms. The predicted octanol–water partition coefficient (Wildman–Crippen LogP) is 0.640. The third-order valence-electron chi connectivity index (χ3n) is 3.29. The van der Waals surface area contributed by atoms with E-state index in [1.807, 2.05) is 11.9 Å². The van der Waals surface area contributed by atoms with E-state index in [1.165, 1.54) is 4.68 Å². The number of hydrogen-bond donors (Lipinski definition) is 2. The Morgan fingerprint density at radius 2 is 2.19 bits per heavy atom. The zero-order valence-corrected chi connectivity index (χ0v) is 12.8. The van der Waals surface area contributed by atoms with Crippen LogP contribution in [-0.2, 0) is 11.3 Å². The van der Waals surface area contributed by atoms with Gasteiger partial charge in [0.2, 0.25) is 5.91 Å². The molecule has 0 aromatic carbocycles. The van der Waals surface area contributed by atoms with Crippen molar-refractivity contribution in [3.63, 3.8) is 0 Å². The van der Waals surface area contributed by atoms with Crippen molar-refractivity contribution in [2.24, 2.45) is 5.84 Å². The van der Waals surface area contributed by atoms with Gasteiger partial charge in [0.25, 0.3) is 5.56 Å². The standard InChI is InChI=1S/C14H25N5O2/c1-3-8-18(2)12-10-14(21)19(16-11-12)9-6-4-5-7-13(20)17-15/h10-11H,3-9,15H2,1-2H3,(H,17,20). The minimum atomic E-state index is -0.159. The molecule has 0 saturated heterocycles. The first-order valence-electron chi connectivity index (χ1n) is 7.36. The van der Waals surface area contributed by atoms with E-state index in [0.717, 1.165) is 37.9 Å². The Morgan fingerprint density at radius 1 is 1.43 bits per heavy atom. The van der Waals surface area contributed by atoms with Crippen molar-refractivity contribution in [3.05, 3.63) is 22.6 Å². The van der Waals surface area contributed by atoms with Gasteiger partial charge in [-0.3, -0.25) is 15.0 Å². The second kappa shape index (κ2) is 9.12. The maximum atomic E-state index is 12.0. The van der Waals surface area contributed by atoms with Crippen molar-refractivity contribution in [1.82, 2.24) is 15.2 Å². The van der Waals surface area contributed by atoms with Gasteiger partial charge in [-0.15, -0.1) is 0 Å². The van der Waals surface area contributed by atoms with Crippen molar-refractivity contribution in [2.45, 2.75) is 45.6 Å². The number of nitrogens with one attached hydrogen (secondary N) is 1. The largest absolute Gasteiger partial charge is 0.373 e. The second-order valence-corrected chi connectivity index (χ2v) is 5.07. The first-order chi connectivity index (χ1) is 10.1. The van der Waals surface area contributed by atoms with Crippen LogP contribution in [0.1, 0.15) is 39.0 Å². The summed E-state index contributed by atoms with van der Waals surface area (Å²) in [5.41, 5.74) is 2.86. The summed E-state index contributed by atoms with van der Waals surface area (Å²) in [6.45, 7) is 3.56. The SMILES string of the molecule is CCCN(C)c1cnn(CCCCCC(=O)NN)c(=O)c1. The summed E-state index contributed by atoms with van der Waals surface area (Å²) in [4.78, 5) is 24.9. The van der Waals surface area contributed by atoms with Crippen molar-refractivity contribution >= 4 is 11.6 Å². The summed E-state index contributed by atoms with van der Waals surface area (Å²) in [7, 11) is 1.95. The number of aryl methyl sites for hydroxylation is 1. The molecule has 118 valence electrons.